The van der Waals surface area contributed by atoms with E-state index >= 15 is 0 Å². The predicted octanol–water partition coefficient (Wildman–Crippen LogP) is 5.27. The minimum atomic E-state index is 0.524. The molecular weight excluding hydrogens is 486 g/mol. The molecule has 204 valence electrons. The zero-order chi connectivity index (χ0) is 27.7. The second-order valence-corrected chi connectivity index (χ2v) is 8.61. The number of rotatable bonds is 13. The minimum absolute atomic E-state index is 0.524. The van der Waals surface area contributed by atoms with Gasteiger partial charge in [0.2, 0.25) is 11.5 Å². The Morgan fingerprint density at radius 1 is 0.632 bits per heavy atom. The van der Waals surface area contributed by atoms with Crippen LogP contribution in [0.25, 0.3) is 11.6 Å². The lowest BCUT2D eigenvalue weighted by molar-refractivity contribution is 0.261. The molecule has 3 rings (SSSR count). The van der Waals surface area contributed by atoms with Crippen molar-refractivity contribution >= 4 is 11.6 Å². The first-order valence-electron chi connectivity index (χ1n) is 12.1. The van der Waals surface area contributed by atoms with Crippen molar-refractivity contribution in [2.24, 2.45) is 0 Å². The molecule has 0 atom stereocenters. The summed E-state index contributed by atoms with van der Waals surface area (Å²) in [7, 11) is 13.6. The summed E-state index contributed by atoms with van der Waals surface area (Å²) in [5.41, 5.74) is 3.61. The Labute approximate surface area is 225 Å². The third-order valence-electron chi connectivity index (χ3n) is 5.95. The molecule has 8 heteroatoms. The van der Waals surface area contributed by atoms with Crippen LogP contribution in [-0.2, 0) is 0 Å². The molecule has 0 fully saturated rings. The molecule has 3 aromatic carbocycles. The highest BCUT2D eigenvalue weighted by Gasteiger charge is 2.18. The molecule has 0 heterocycles. The monoisotopic (exact) mass is 523 g/mol. The molecular formula is C30H37NO7. The van der Waals surface area contributed by atoms with Crippen molar-refractivity contribution in [2.75, 3.05) is 69.9 Å². The number of benzene rings is 3. The van der Waals surface area contributed by atoms with Crippen molar-refractivity contribution in [3.63, 3.8) is 0 Å². The summed E-state index contributed by atoms with van der Waals surface area (Å²) in [5.74, 6) is 4.09. The molecule has 0 amide bonds. The molecule has 38 heavy (non-hydrogen) atoms. The molecule has 0 bridgehead atoms. The van der Waals surface area contributed by atoms with E-state index in [9.17, 15) is 0 Å². The number of likely N-dealkylation sites (N-methyl/N-ethyl adjacent to an activating group) is 1. The second kappa shape index (κ2) is 13.5. The Morgan fingerprint density at radius 2 is 1.11 bits per heavy atom. The van der Waals surface area contributed by atoms with Crippen molar-refractivity contribution in [3.8, 4) is 40.2 Å². The van der Waals surface area contributed by atoms with E-state index in [1.165, 1.54) is 0 Å². The molecule has 3 aromatic rings. The van der Waals surface area contributed by atoms with E-state index < -0.39 is 0 Å². The van der Waals surface area contributed by atoms with Crippen molar-refractivity contribution in [3.05, 3.63) is 65.2 Å². The van der Waals surface area contributed by atoms with Crippen LogP contribution in [0.2, 0.25) is 0 Å². The normalized spacial score (nSPS) is 11.2. The van der Waals surface area contributed by atoms with Crippen molar-refractivity contribution in [2.45, 2.75) is 0 Å². The van der Waals surface area contributed by atoms with Gasteiger partial charge in [-0.05, 0) is 78.8 Å². The first-order valence-corrected chi connectivity index (χ1v) is 12.1. The topological polar surface area (TPSA) is 67.9 Å². The fourth-order valence-corrected chi connectivity index (χ4v) is 4.00. The highest BCUT2D eigenvalue weighted by Crippen LogP contribution is 2.43. The molecule has 0 aliphatic heterocycles. The number of methoxy groups -OCH3 is 6. The maximum Gasteiger partial charge on any atom is 0.203 e. The standard InChI is InChI=1S/C30H37NO7/c1-31(2)13-14-38-23-11-9-21(10-12-23)24(22-18-27(34-5)30(37-8)28(19-22)35-6)15-20-16-25(32-3)29(36-7)26(17-20)33-4/h9-12,15-19H,13-14H2,1-8H3/b24-15-. The first kappa shape index (κ1) is 28.5. The van der Waals surface area contributed by atoms with E-state index in [1.54, 1.807) is 42.7 Å². The van der Waals surface area contributed by atoms with Crippen LogP contribution in [0.4, 0.5) is 0 Å². The Kier molecular flexibility index (Phi) is 10.1. The third kappa shape index (κ3) is 6.63. The average molecular weight is 524 g/mol. The Bertz CT molecular complexity index is 1190. The molecule has 0 unspecified atom stereocenters. The maximum absolute atomic E-state index is 5.90. The number of ether oxygens (including phenoxy) is 7. The number of nitrogens with zero attached hydrogens (tertiary/aromatic N) is 1. The van der Waals surface area contributed by atoms with E-state index in [4.69, 9.17) is 33.2 Å². The summed E-state index contributed by atoms with van der Waals surface area (Å²) in [5, 5.41) is 0. The smallest absolute Gasteiger partial charge is 0.203 e. The maximum atomic E-state index is 5.90. The molecule has 0 aromatic heterocycles. The lowest BCUT2D eigenvalue weighted by atomic mass is 9.94. The second-order valence-electron chi connectivity index (χ2n) is 8.61. The van der Waals surface area contributed by atoms with E-state index in [0.717, 1.165) is 34.6 Å². The summed E-state index contributed by atoms with van der Waals surface area (Å²) in [4.78, 5) is 2.08. The molecule has 0 radical (unpaired) electrons. The molecule has 0 aliphatic carbocycles. The third-order valence-corrected chi connectivity index (χ3v) is 5.95. The van der Waals surface area contributed by atoms with Gasteiger partial charge in [-0.3, -0.25) is 0 Å². The highest BCUT2D eigenvalue weighted by atomic mass is 16.5. The average Bonchev–Trinajstić information content (AvgIpc) is 2.94. The van der Waals surface area contributed by atoms with Crippen LogP contribution in [-0.4, -0.2) is 74.8 Å². The number of hydrogen-bond donors (Lipinski definition) is 0. The van der Waals surface area contributed by atoms with Crippen LogP contribution >= 0.6 is 0 Å². The van der Waals surface area contributed by atoms with Gasteiger partial charge in [-0.1, -0.05) is 12.1 Å². The highest BCUT2D eigenvalue weighted by molar-refractivity contribution is 5.93. The molecule has 0 saturated heterocycles. The van der Waals surface area contributed by atoms with Crippen LogP contribution in [0.15, 0.2) is 48.5 Å². The van der Waals surface area contributed by atoms with E-state index in [2.05, 4.69) is 4.90 Å². The minimum Gasteiger partial charge on any atom is -0.493 e. The van der Waals surface area contributed by atoms with Gasteiger partial charge in [0, 0.05) is 6.54 Å². The van der Waals surface area contributed by atoms with Crippen molar-refractivity contribution in [1.82, 2.24) is 4.90 Å². The van der Waals surface area contributed by atoms with Gasteiger partial charge in [-0.15, -0.1) is 0 Å². The molecule has 8 nitrogen and oxygen atoms in total. The summed E-state index contributed by atoms with van der Waals surface area (Å²) in [6, 6.07) is 15.6. The van der Waals surface area contributed by atoms with Crippen molar-refractivity contribution < 1.29 is 33.2 Å². The predicted molar refractivity (Wildman–Crippen MR) is 150 cm³/mol. The van der Waals surface area contributed by atoms with E-state index in [0.29, 0.717) is 41.1 Å². The summed E-state index contributed by atoms with van der Waals surface area (Å²) in [6.45, 7) is 1.44. The number of hydrogen-bond acceptors (Lipinski definition) is 8. The summed E-state index contributed by atoms with van der Waals surface area (Å²) < 4.78 is 39.3. The van der Waals surface area contributed by atoms with Gasteiger partial charge < -0.3 is 38.1 Å². The van der Waals surface area contributed by atoms with Crippen LogP contribution in [0.5, 0.6) is 40.2 Å². The quantitative estimate of drug-likeness (QED) is 0.281. The van der Waals surface area contributed by atoms with E-state index in [-0.39, 0.29) is 0 Å². The van der Waals surface area contributed by atoms with Crippen LogP contribution in [0.3, 0.4) is 0 Å². The lowest BCUT2D eigenvalue weighted by Crippen LogP contribution is -2.19. The van der Waals surface area contributed by atoms with Gasteiger partial charge >= 0.3 is 0 Å². The molecule has 0 spiro atoms. The SMILES string of the molecule is COc1cc(/C=C(/c2ccc(OCCN(C)C)cc2)c2cc(OC)c(OC)c(OC)c2)cc(OC)c1OC. The summed E-state index contributed by atoms with van der Waals surface area (Å²) in [6.07, 6.45) is 2.05. The van der Waals surface area contributed by atoms with Gasteiger partial charge in [-0.2, -0.15) is 0 Å². The van der Waals surface area contributed by atoms with Gasteiger partial charge in [0.1, 0.15) is 12.4 Å². The fourth-order valence-electron chi connectivity index (χ4n) is 4.00. The zero-order valence-corrected chi connectivity index (χ0v) is 23.4. The van der Waals surface area contributed by atoms with E-state index in [1.807, 2.05) is 68.7 Å². The Balaban J connectivity index is 2.18. The first-order chi connectivity index (χ1) is 18.4. The van der Waals surface area contributed by atoms with Crippen molar-refractivity contribution in [1.29, 1.82) is 0 Å². The Morgan fingerprint density at radius 3 is 1.53 bits per heavy atom. The molecule has 0 aliphatic rings. The lowest BCUT2D eigenvalue weighted by Gasteiger charge is -2.17. The van der Waals surface area contributed by atoms with Gasteiger partial charge in [0.05, 0.1) is 42.7 Å². The fraction of sp³-hybridized carbons (Fsp3) is 0.333. The van der Waals surface area contributed by atoms with Gasteiger partial charge in [0.15, 0.2) is 23.0 Å². The summed E-state index contributed by atoms with van der Waals surface area (Å²) >= 11 is 0. The molecule has 0 saturated carbocycles. The largest absolute Gasteiger partial charge is 0.493 e. The zero-order valence-electron chi connectivity index (χ0n) is 23.4. The van der Waals surface area contributed by atoms with Gasteiger partial charge in [0.25, 0.3) is 0 Å². The van der Waals surface area contributed by atoms with Crippen LogP contribution < -0.4 is 33.2 Å². The molecule has 0 N–H and O–H groups in total. The Hall–Kier alpha value is -4.04. The van der Waals surface area contributed by atoms with Gasteiger partial charge in [-0.25, -0.2) is 0 Å². The van der Waals surface area contributed by atoms with Crippen LogP contribution in [0, 0.1) is 0 Å². The van der Waals surface area contributed by atoms with Crippen LogP contribution in [0.1, 0.15) is 16.7 Å².